The molecule has 1 aromatic heterocycles. The molecule has 0 aliphatic rings. The largest absolute Gasteiger partial charge is 0.399 e. The molecule has 0 radical (unpaired) electrons. The lowest BCUT2D eigenvalue weighted by molar-refractivity contribution is 0.102. The minimum Gasteiger partial charge on any atom is -0.399 e. The third-order valence-corrected chi connectivity index (χ3v) is 2.45. The van der Waals surface area contributed by atoms with Crippen molar-refractivity contribution in [2.45, 2.75) is 6.92 Å². The van der Waals surface area contributed by atoms with E-state index in [0.29, 0.717) is 16.9 Å². The van der Waals surface area contributed by atoms with Gasteiger partial charge >= 0.3 is 0 Å². The maximum absolute atomic E-state index is 11.9. The first kappa shape index (κ1) is 11.1. The van der Waals surface area contributed by atoms with Gasteiger partial charge in [-0.2, -0.15) is 0 Å². The quantitative estimate of drug-likeness (QED) is 0.773. The van der Waals surface area contributed by atoms with Gasteiger partial charge < -0.3 is 11.1 Å². The summed E-state index contributed by atoms with van der Waals surface area (Å²) in [6, 6.07) is 8.75. The van der Waals surface area contributed by atoms with Crippen molar-refractivity contribution >= 4 is 17.3 Å². The van der Waals surface area contributed by atoms with Gasteiger partial charge in [0.25, 0.3) is 5.91 Å². The number of hydrogen-bond acceptors (Lipinski definition) is 3. The number of hydrogen-bond donors (Lipinski definition) is 2. The van der Waals surface area contributed by atoms with E-state index in [4.69, 9.17) is 5.73 Å². The summed E-state index contributed by atoms with van der Waals surface area (Å²) in [7, 11) is 0. The molecule has 0 aliphatic carbocycles. The lowest BCUT2D eigenvalue weighted by Gasteiger charge is -2.06. The van der Waals surface area contributed by atoms with Crippen molar-refractivity contribution in [1.29, 1.82) is 0 Å². The second-order valence-corrected chi connectivity index (χ2v) is 3.77. The molecule has 3 N–H and O–H groups in total. The Kier molecular flexibility index (Phi) is 3.05. The Hall–Kier alpha value is -2.36. The average Bonchev–Trinajstić information content (AvgIpc) is 2.34. The number of amides is 1. The van der Waals surface area contributed by atoms with E-state index >= 15 is 0 Å². The summed E-state index contributed by atoms with van der Waals surface area (Å²) < 4.78 is 0. The lowest BCUT2D eigenvalue weighted by atomic mass is 10.1. The van der Waals surface area contributed by atoms with E-state index in [2.05, 4.69) is 10.3 Å². The minimum absolute atomic E-state index is 0.166. The first-order valence-electron chi connectivity index (χ1n) is 5.24. The van der Waals surface area contributed by atoms with Gasteiger partial charge in [-0.15, -0.1) is 0 Å². The molecule has 0 aliphatic heterocycles. The van der Waals surface area contributed by atoms with E-state index < -0.39 is 0 Å². The maximum atomic E-state index is 11.9. The number of nitrogens with zero attached hydrogens (tertiary/aromatic N) is 1. The summed E-state index contributed by atoms with van der Waals surface area (Å²) in [6.07, 6.45) is 3.26. The highest BCUT2D eigenvalue weighted by Gasteiger charge is 2.06. The van der Waals surface area contributed by atoms with Crippen molar-refractivity contribution in [3.8, 4) is 0 Å². The number of anilines is 2. The van der Waals surface area contributed by atoms with Gasteiger partial charge in [-0.1, -0.05) is 0 Å². The molecule has 86 valence electrons. The number of pyridine rings is 1. The van der Waals surface area contributed by atoms with Crippen LogP contribution in [-0.4, -0.2) is 10.9 Å². The van der Waals surface area contributed by atoms with Gasteiger partial charge in [-0.3, -0.25) is 9.78 Å². The van der Waals surface area contributed by atoms with Crippen LogP contribution in [0.15, 0.2) is 42.7 Å². The Labute approximate surface area is 99.5 Å². The zero-order chi connectivity index (χ0) is 12.3. The molecule has 0 fully saturated rings. The van der Waals surface area contributed by atoms with Crippen LogP contribution in [0.4, 0.5) is 11.4 Å². The number of nitrogen functional groups attached to an aromatic ring is 1. The highest BCUT2D eigenvalue weighted by molar-refractivity contribution is 6.04. The molecule has 4 nitrogen and oxygen atoms in total. The summed E-state index contributed by atoms with van der Waals surface area (Å²) in [5.74, 6) is -0.166. The van der Waals surface area contributed by atoms with E-state index in [-0.39, 0.29) is 5.91 Å². The number of aryl methyl sites for hydroxylation is 1. The predicted molar refractivity (Wildman–Crippen MR) is 67.8 cm³/mol. The van der Waals surface area contributed by atoms with E-state index in [1.807, 2.05) is 6.92 Å². The highest BCUT2D eigenvalue weighted by atomic mass is 16.1. The lowest BCUT2D eigenvalue weighted by Crippen LogP contribution is -2.12. The monoisotopic (exact) mass is 227 g/mol. The van der Waals surface area contributed by atoms with Gasteiger partial charge in [-0.05, 0) is 42.8 Å². The van der Waals surface area contributed by atoms with Gasteiger partial charge in [0.2, 0.25) is 0 Å². The second-order valence-electron chi connectivity index (χ2n) is 3.77. The summed E-state index contributed by atoms with van der Waals surface area (Å²) >= 11 is 0. The van der Waals surface area contributed by atoms with Gasteiger partial charge in [0.15, 0.2) is 0 Å². The Morgan fingerprint density at radius 2 is 2.18 bits per heavy atom. The van der Waals surface area contributed by atoms with Crippen LogP contribution < -0.4 is 11.1 Å². The molecule has 0 unspecified atom stereocenters. The summed E-state index contributed by atoms with van der Waals surface area (Å²) in [5.41, 5.74) is 8.53. The normalized spacial score (nSPS) is 9.94. The van der Waals surface area contributed by atoms with Crippen LogP contribution in [0.1, 0.15) is 15.9 Å². The third kappa shape index (κ3) is 2.60. The smallest absolute Gasteiger partial charge is 0.255 e. The van der Waals surface area contributed by atoms with Gasteiger partial charge in [0.1, 0.15) is 0 Å². The van der Waals surface area contributed by atoms with Crippen LogP contribution >= 0.6 is 0 Å². The number of benzene rings is 1. The molecule has 1 heterocycles. The van der Waals surface area contributed by atoms with E-state index in [0.717, 1.165) is 5.56 Å². The molecule has 0 saturated heterocycles. The van der Waals surface area contributed by atoms with Crippen LogP contribution in [0.3, 0.4) is 0 Å². The molecular weight excluding hydrogens is 214 g/mol. The van der Waals surface area contributed by atoms with Crippen molar-refractivity contribution in [1.82, 2.24) is 4.98 Å². The predicted octanol–water partition coefficient (Wildman–Crippen LogP) is 2.22. The maximum Gasteiger partial charge on any atom is 0.255 e. The molecule has 0 spiro atoms. The molecule has 0 atom stereocenters. The van der Waals surface area contributed by atoms with Crippen molar-refractivity contribution in [3.05, 3.63) is 53.9 Å². The SMILES string of the molecule is Cc1cc(C(=O)Nc2cccnc2)ccc1N. The average molecular weight is 227 g/mol. The van der Waals surface area contributed by atoms with Crippen LogP contribution in [-0.2, 0) is 0 Å². The van der Waals surface area contributed by atoms with Crippen molar-refractivity contribution < 1.29 is 4.79 Å². The fraction of sp³-hybridized carbons (Fsp3) is 0.0769. The van der Waals surface area contributed by atoms with Gasteiger partial charge in [-0.25, -0.2) is 0 Å². The number of carbonyl (C=O) groups excluding carboxylic acids is 1. The minimum atomic E-state index is -0.166. The van der Waals surface area contributed by atoms with Crippen LogP contribution in [0.2, 0.25) is 0 Å². The summed E-state index contributed by atoms with van der Waals surface area (Å²) in [5, 5.41) is 2.76. The second kappa shape index (κ2) is 4.65. The Balaban J connectivity index is 2.18. The number of nitrogens with two attached hydrogens (primary N) is 1. The Morgan fingerprint density at radius 3 is 2.82 bits per heavy atom. The Morgan fingerprint density at radius 1 is 1.35 bits per heavy atom. The van der Waals surface area contributed by atoms with E-state index in [1.54, 1.807) is 42.7 Å². The zero-order valence-electron chi connectivity index (χ0n) is 9.47. The van der Waals surface area contributed by atoms with Crippen LogP contribution in [0.25, 0.3) is 0 Å². The molecule has 2 rings (SSSR count). The molecule has 4 heteroatoms. The highest BCUT2D eigenvalue weighted by Crippen LogP contribution is 2.14. The summed E-state index contributed by atoms with van der Waals surface area (Å²) in [4.78, 5) is 15.8. The topological polar surface area (TPSA) is 68.0 Å². The first-order chi connectivity index (χ1) is 8.16. The van der Waals surface area contributed by atoms with E-state index in [1.165, 1.54) is 0 Å². The number of rotatable bonds is 2. The van der Waals surface area contributed by atoms with E-state index in [9.17, 15) is 4.79 Å². The first-order valence-corrected chi connectivity index (χ1v) is 5.24. The fourth-order valence-electron chi connectivity index (χ4n) is 1.46. The fourth-order valence-corrected chi connectivity index (χ4v) is 1.46. The Bertz CT molecular complexity index is 538. The van der Waals surface area contributed by atoms with Crippen molar-refractivity contribution in [2.24, 2.45) is 0 Å². The third-order valence-electron chi connectivity index (χ3n) is 2.45. The van der Waals surface area contributed by atoms with Gasteiger partial charge in [0, 0.05) is 17.4 Å². The van der Waals surface area contributed by atoms with Crippen LogP contribution in [0.5, 0.6) is 0 Å². The summed E-state index contributed by atoms with van der Waals surface area (Å²) in [6.45, 7) is 1.87. The number of carbonyl (C=O) groups is 1. The molecular formula is C13H13N3O. The molecule has 1 aromatic carbocycles. The number of aromatic nitrogens is 1. The molecule has 2 aromatic rings. The standard InChI is InChI=1S/C13H13N3O/c1-9-7-10(4-5-12(9)14)13(17)16-11-3-2-6-15-8-11/h2-8H,14H2,1H3,(H,16,17). The van der Waals surface area contributed by atoms with Crippen molar-refractivity contribution in [3.63, 3.8) is 0 Å². The molecule has 17 heavy (non-hydrogen) atoms. The zero-order valence-corrected chi connectivity index (χ0v) is 9.47. The van der Waals surface area contributed by atoms with Crippen LogP contribution in [0, 0.1) is 6.92 Å². The molecule has 1 amide bonds. The van der Waals surface area contributed by atoms with Crippen molar-refractivity contribution in [2.75, 3.05) is 11.1 Å². The molecule has 0 bridgehead atoms. The molecule has 0 saturated carbocycles. The van der Waals surface area contributed by atoms with Gasteiger partial charge in [0.05, 0.1) is 11.9 Å². The number of nitrogens with one attached hydrogen (secondary N) is 1.